The van der Waals surface area contributed by atoms with Crippen molar-refractivity contribution in [1.82, 2.24) is 4.90 Å². The van der Waals surface area contributed by atoms with E-state index in [-0.39, 0.29) is 13.1 Å². The van der Waals surface area contributed by atoms with Crippen molar-refractivity contribution >= 4 is 19.7 Å². The quantitative estimate of drug-likeness (QED) is 0.569. The van der Waals surface area contributed by atoms with Crippen LogP contribution in [0.3, 0.4) is 0 Å². The molecular formula is C5H9ClFNO2S. The molecule has 0 saturated carbocycles. The van der Waals surface area contributed by atoms with E-state index in [1.807, 2.05) is 0 Å². The monoisotopic (exact) mass is 201 g/mol. The molecule has 0 amide bonds. The van der Waals surface area contributed by atoms with Gasteiger partial charge in [0, 0.05) is 23.8 Å². The van der Waals surface area contributed by atoms with Gasteiger partial charge in [0.2, 0.25) is 9.05 Å². The Bertz CT molecular complexity index is 243. The molecule has 0 radical (unpaired) electrons. The predicted molar refractivity (Wildman–Crippen MR) is 41.0 cm³/mol. The van der Waals surface area contributed by atoms with Crippen molar-refractivity contribution in [3.05, 3.63) is 0 Å². The van der Waals surface area contributed by atoms with Crippen LogP contribution in [-0.2, 0) is 9.05 Å². The zero-order valence-corrected chi connectivity index (χ0v) is 7.57. The molecule has 0 bridgehead atoms. The normalized spacial score (nSPS) is 34.5. The van der Waals surface area contributed by atoms with E-state index in [1.165, 1.54) is 0 Å². The van der Waals surface area contributed by atoms with Gasteiger partial charge in [-0.1, -0.05) is 0 Å². The van der Waals surface area contributed by atoms with Gasteiger partial charge >= 0.3 is 0 Å². The third kappa shape index (κ3) is 2.04. The zero-order valence-electron chi connectivity index (χ0n) is 6.00. The molecule has 1 aliphatic heterocycles. The molecule has 0 N–H and O–H groups in total. The molecule has 3 nitrogen and oxygen atoms in total. The van der Waals surface area contributed by atoms with Crippen LogP contribution in [0, 0.1) is 0 Å². The first-order valence-electron chi connectivity index (χ1n) is 3.17. The van der Waals surface area contributed by atoms with Gasteiger partial charge in [-0.3, -0.25) is 0 Å². The maximum Gasteiger partial charge on any atom is 0.239 e. The molecule has 0 aromatic heterocycles. The molecule has 1 heterocycles. The first-order valence-corrected chi connectivity index (χ1v) is 5.54. The minimum atomic E-state index is -3.73. The molecule has 2 unspecified atom stereocenters. The molecule has 0 aromatic carbocycles. The Kier molecular flexibility index (Phi) is 2.41. The fourth-order valence-corrected chi connectivity index (χ4v) is 2.55. The number of nitrogens with zero attached hydrogens (tertiary/aromatic N) is 1. The fraction of sp³-hybridized carbons (Fsp3) is 1.00. The molecular weight excluding hydrogens is 193 g/mol. The summed E-state index contributed by atoms with van der Waals surface area (Å²) in [6.07, 6.45) is -1.34. The summed E-state index contributed by atoms with van der Waals surface area (Å²) in [7, 11) is 2.94. The molecule has 2 atom stereocenters. The second-order valence-corrected chi connectivity index (χ2v) is 5.60. The lowest BCUT2D eigenvalue weighted by Gasteiger charge is -2.05. The van der Waals surface area contributed by atoms with Crippen LogP contribution in [0.15, 0.2) is 0 Å². The summed E-state index contributed by atoms with van der Waals surface area (Å²) < 4.78 is 34.2. The van der Waals surface area contributed by atoms with Gasteiger partial charge in [0.05, 0.1) is 0 Å². The first kappa shape index (κ1) is 9.22. The molecule has 6 heteroatoms. The number of hydrogen-bond donors (Lipinski definition) is 0. The van der Waals surface area contributed by atoms with Gasteiger partial charge in [0.25, 0.3) is 0 Å². The summed E-state index contributed by atoms with van der Waals surface area (Å²) in [5.74, 6) is 0. The van der Waals surface area contributed by atoms with E-state index in [2.05, 4.69) is 0 Å². The van der Waals surface area contributed by atoms with Gasteiger partial charge in [-0.2, -0.15) is 0 Å². The highest BCUT2D eigenvalue weighted by molar-refractivity contribution is 8.14. The molecule has 0 aromatic rings. The lowest BCUT2D eigenvalue weighted by atomic mass is 10.3. The Hall–Kier alpha value is 0.130. The Morgan fingerprint density at radius 1 is 1.55 bits per heavy atom. The van der Waals surface area contributed by atoms with E-state index in [1.54, 1.807) is 11.9 Å². The molecule has 0 aliphatic carbocycles. The van der Waals surface area contributed by atoms with Crippen molar-refractivity contribution in [2.24, 2.45) is 0 Å². The van der Waals surface area contributed by atoms with Crippen LogP contribution in [0.4, 0.5) is 4.39 Å². The zero-order chi connectivity index (χ0) is 8.65. The van der Waals surface area contributed by atoms with Crippen LogP contribution < -0.4 is 0 Å². The van der Waals surface area contributed by atoms with Gasteiger partial charge < -0.3 is 4.90 Å². The largest absolute Gasteiger partial charge is 0.302 e. The highest BCUT2D eigenvalue weighted by Crippen LogP contribution is 2.21. The smallest absolute Gasteiger partial charge is 0.239 e. The molecule has 1 rings (SSSR count). The summed E-state index contributed by atoms with van der Waals surface area (Å²) in [5.41, 5.74) is 0. The van der Waals surface area contributed by atoms with E-state index < -0.39 is 20.5 Å². The Morgan fingerprint density at radius 3 is 2.27 bits per heavy atom. The number of likely N-dealkylation sites (tertiary alicyclic amines) is 1. The third-order valence-corrected chi connectivity index (χ3v) is 3.60. The van der Waals surface area contributed by atoms with Crippen LogP contribution in [0.2, 0.25) is 0 Å². The van der Waals surface area contributed by atoms with E-state index >= 15 is 0 Å². The minimum absolute atomic E-state index is 0.149. The third-order valence-electron chi connectivity index (χ3n) is 1.74. The topological polar surface area (TPSA) is 37.4 Å². The van der Waals surface area contributed by atoms with Crippen LogP contribution in [-0.4, -0.2) is 44.9 Å². The van der Waals surface area contributed by atoms with E-state index in [0.717, 1.165) is 0 Å². The Labute approximate surface area is 69.6 Å². The number of alkyl halides is 1. The standard InChI is InChI=1S/C5H9ClFNO2S/c1-8-2-4(7)5(3-8)11(6,9)10/h4-5H,2-3H2,1H3. The van der Waals surface area contributed by atoms with Crippen LogP contribution in [0.5, 0.6) is 0 Å². The van der Waals surface area contributed by atoms with Crippen molar-refractivity contribution < 1.29 is 12.8 Å². The highest BCUT2D eigenvalue weighted by Gasteiger charge is 2.39. The maximum atomic E-state index is 12.8. The van der Waals surface area contributed by atoms with E-state index in [0.29, 0.717) is 0 Å². The number of halogens is 2. The fourth-order valence-electron chi connectivity index (χ4n) is 1.18. The van der Waals surface area contributed by atoms with Crippen LogP contribution in [0.1, 0.15) is 0 Å². The van der Waals surface area contributed by atoms with Crippen molar-refractivity contribution in [2.75, 3.05) is 20.1 Å². The summed E-state index contributed by atoms with van der Waals surface area (Å²) in [4.78, 5) is 1.61. The molecule has 1 saturated heterocycles. The van der Waals surface area contributed by atoms with Gasteiger partial charge in [-0.15, -0.1) is 0 Å². The van der Waals surface area contributed by atoms with Crippen LogP contribution >= 0.6 is 10.7 Å². The average molecular weight is 202 g/mol. The van der Waals surface area contributed by atoms with Crippen molar-refractivity contribution in [2.45, 2.75) is 11.4 Å². The summed E-state index contributed by atoms with van der Waals surface area (Å²) in [6, 6.07) is 0. The Morgan fingerprint density at radius 2 is 2.09 bits per heavy atom. The Balaban J connectivity index is 2.76. The summed E-state index contributed by atoms with van der Waals surface area (Å²) in [6.45, 7) is 0.337. The lowest BCUT2D eigenvalue weighted by Crippen LogP contribution is -2.26. The van der Waals surface area contributed by atoms with E-state index in [4.69, 9.17) is 10.7 Å². The van der Waals surface area contributed by atoms with Gasteiger partial charge in [0.15, 0.2) is 0 Å². The molecule has 11 heavy (non-hydrogen) atoms. The molecule has 66 valence electrons. The summed E-state index contributed by atoms with van der Waals surface area (Å²) in [5, 5.41) is -1.05. The predicted octanol–water partition coefficient (Wildman–Crippen LogP) is 0.207. The van der Waals surface area contributed by atoms with Gasteiger partial charge in [0.1, 0.15) is 11.4 Å². The van der Waals surface area contributed by atoms with Crippen molar-refractivity contribution in [3.63, 3.8) is 0 Å². The minimum Gasteiger partial charge on any atom is -0.302 e. The lowest BCUT2D eigenvalue weighted by molar-refractivity contribution is 0.321. The SMILES string of the molecule is CN1CC(F)C(S(=O)(=O)Cl)C1. The average Bonchev–Trinajstić information content (AvgIpc) is 2.08. The maximum absolute atomic E-state index is 12.8. The summed E-state index contributed by atoms with van der Waals surface area (Å²) >= 11 is 0. The van der Waals surface area contributed by atoms with Gasteiger partial charge in [-0.25, -0.2) is 12.8 Å². The number of rotatable bonds is 1. The highest BCUT2D eigenvalue weighted by atomic mass is 35.7. The second-order valence-electron chi connectivity index (χ2n) is 2.75. The first-order chi connectivity index (χ1) is 4.91. The van der Waals surface area contributed by atoms with Gasteiger partial charge in [-0.05, 0) is 7.05 Å². The van der Waals surface area contributed by atoms with Crippen LogP contribution in [0.25, 0.3) is 0 Å². The molecule has 1 aliphatic rings. The second kappa shape index (κ2) is 2.88. The van der Waals surface area contributed by atoms with Crippen molar-refractivity contribution in [1.29, 1.82) is 0 Å². The van der Waals surface area contributed by atoms with E-state index in [9.17, 15) is 12.8 Å². The van der Waals surface area contributed by atoms with Crippen molar-refractivity contribution in [3.8, 4) is 0 Å². The number of hydrogen-bond acceptors (Lipinski definition) is 3. The molecule has 0 spiro atoms. The molecule has 1 fully saturated rings.